The lowest BCUT2D eigenvalue weighted by Crippen LogP contribution is -2.56. The highest BCUT2D eigenvalue weighted by atomic mass is 32.2. The molecule has 1 saturated heterocycles. The molecular formula is C12H21N3S. The lowest BCUT2D eigenvalue weighted by molar-refractivity contribution is 0.168. The van der Waals surface area contributed by atoms with Crippen LogP contribution in [-0.2, 0) is 0 Å². The summed E-state index contributed by atoms with van der Waals surface area (Å²) in [5.41, 5.74) is 6.41. The molecule has 0 aromatic rings. The maximum Gasteiger partial charge on any atom is 0.192 e. The number of nitrogens with zero attached hydrogens (tertiary/aromatic N) is 2. The lowest BCUT2D eigenvalue weighted by atomic mass is 9.93. The van der Waals surface area contributed by atoms with E-state index >= 15 is 0 Å². The van der Waals surface area contributed by atoms with Gasteiger partial charge in [0.2, 0.25) is 0 Å². The van der Waals surface area contributed by atoms with E-state index in [1.807, 2.05) is 0 Å². The molecule has 0 aromatic heterocycles. The predicted molar refractivity (Wildman–Crippen MR) is 69.9 cm³/mol. The number of nitrogens with two attached hydrogens (primary N) is 1. The average molecular weight is 239 g/mol. The zero-order valence-electron chi connectivity index (χ0n) is 9.98. The summed E-state index contributed by atoms with van der Waals surface area (Å²) in [6, 6.07) is 0.678. The number of aliphatic imine (C=N–C) groups is 1. The first-order valence-corrected chi connectivity index (χ1v) is 7.47. The predicted octanol–water partition coefficient (Wildman–Crippen LogP) is 1.82. The number of guanidine groups is 1. The van der Waals surface area contributed by atoms with Crippen molar-refractivity contribution in [2.75, 3.05) is 12.3 Å². The highest BCUT2D eigenvalue weighted by Crippen LogP contribution is 2.44. The number of hydrogen-bond donors (Lipinski definition) is 1. The fraction of sp³-hybridized carbons (Fsp3) is 0.917. The molecule has 2 heterocycles. The van der Waals surface area contributed by atoms with E-state index in [1.54, 1.807) is 0 Å². The van der Waals surface area contributed by atoms with Gasteiger partial charge < -0.3 is 10.6 Å². The summed E-state index contributed by atoms with van der Waals surface area (Å²) in [6.45, 7) is 3.27. The van der Waals surface area contributed by atoms with Crippen LogP contribution in [0.25, 0.3) is 0 Å². The summed E-state index contributed by atoms with van der Waals surface area (Å²) in [7, 11) is 0. The minimum Gasteiger partial charge on any atom is -0.370 e. The monoisotopic (exact) mass is 239 g/mol. The zero-order chi connectivity index (χ0) is 11.2. The molecule has 2 aliphatic heterocycles. The van der Waals surface area contributed by atoms with Gasteiger partial charge in [-0.1, -0.05) is 19.8 Å². The van der Waals surface area contributed by atoms with Gasteiger partial charge >= 0.3 is 0 Å². The van der Waals surface area contributed by atoms with Crippen LogP contribution in [0.5, 0.6) is 0 Å². The SMILES string of the molecule is CC1CC2(CN=C(N)N2C2CCCC2)CS1. The zero-order valence-corrected chi connectivity index (χ0v) is 10.8. The first kappa shape index (κ1) is 10.8. The van der Waals surface area contributed by atoms with Crippen molar-refractivity contribution in [1.82, 2.24) is 4.90 Å². The van der Waals surface area contributed by atoms with Crippen molar-refractivity contribution in [3.63, 3.8) is 0 Å². The third-order valence-electron chi connectivity index (χ3n) is 4.29. The van der Waals surface area contributed by atoms with Gasteiger partial charge in [0.1, 0.15) is 0 Å². The molecule has 0 amide bonds. The molecule has 4 heteroatoms. The number of thioether (sulfide) groups is 1. The highest BCUT2D eigenvalue weighted by molar-refractivity contribution is 8.00. The third kappa shape index (κ3) is 1.53. The topological polar surface area (TPSA) is 41.6 Å². The summed E-state index contributed by atoms with van der Waals surface area (Å²) in [5.74, 6) is 2.04. The molecule has 1 aliphatic carbocycles. The molecule has 0 aromatic carbocycles. The maximum absolute atomic E-state index is 6.13. The Labute approximate surface area is 102 Å². The van der Waals surface area contributed by atoms with Gasteiger partial charge in [-0.3, -0.25) is 4.99 Å². The standard InChI is InChI=1S/C12H21N3S/c1-9-6-12(8-16-9)7-14-11(13)15(12)10-4-2-3-5-10/h9-10H,2-8H2,1H3,(H2,13,14). The molecule has 3 aliphatic rings. The van der Waals surface area contributed by atoms with Crippen molar-refractivity contribution >= 4 is 17.7 Å². The lowest BCUT2D eigenvalue weighted by Gasteiger charge is -2.40. The van der Waals surface area contributed by atoms with E-state index in [1.165, 1.54) is 37.9 Å². The second-order valence-electron chi connectivity index (χ2n) is 5.53. The van der Waals surface area contributed by atoms with E-state index in [2.05, 4.69) is 28.6 Å². The average Bonchev–Trinajstić information content (AvgIpc) is 2.92. The molecule has 3 rings (SSSR count). The van der Waals surface area contributed by atoms with Gasteiger partial charge in [0.15, 0.2) is 5.96 Å². The summed E-state index contributed by atoms with van der Waals surface area (Å²) < 4.78 is 0. The molecule has 2 N–H and O–H groups in total. The van der Waals surface area contributed by atoms with Gasteiger partial charge in [0.25, 0.3) is 0 Å². The largest absolute Gasteiger partial charge is 0.370 e. The summed E-state index contributed by atoms with van der Waals surface area (Å²) in [4.78, 5) is 7.04. The Kier molecular flexibility index (Phi) is 2.57. The number of hydrogen-bond acceptors (Lipinski definition) is 4. The van der Waals surface area contributed by atoms with Crippen molar-refractivity contribution in [2.24, 2.45) is 10.7 Å². The van der Waals surface area contributed by atoms with Crippen molar-refractivity contribution < 1.29 is 0 Å². The molecule has 2 fully saturated rings. The highest BCUT2D eigenvalue weighted by Gasteiger charge is 2.49. The third-order valence-corrected chi connectivity index (χ3v) is 5.73. The normalized spacial score (nSPS) is 39.9. The van der Waals surface area contributed by atoms with Gasteiger partial charge in [-0.05, 0) is 19.3 Å². The smallest absolute Gasteiger partial charge is 0.192 e. The Balaban J connectivity index is 1.84. The van der Waals surface area contributed by atoms with Crippen LogP contribution in [0, 0.1) is 0 Å². The Hall–Kier alpha value is -0.380. The molecule has 1 saturated carbocycles. The van der Waals surface area contributed by atoms with Crippen LogP contribution < -0.4 is 5.73 Å². The molecule has 3 nitrogen and oxygen atoms in total. The molecule has 2 unspecified atom stereocenters. The van der Waals surface area contributed by atoms with Gasteiger partial charge in [-0.25, -0.2) is 0 Å². The van der Waals surface area contributed by atoms with Gasteiger partial charge in [-0.15, -0.1) is 0 Å². The second-order valence-corrected chi connectivity index (χ2v) is 6.96. The fourth-order valence-electron chi connectivity index (χ4n) is 3.59. The van der Waals surface area contributed by atoms with Crippen molar-refractivity contribution in [1.29, 1.82) is 0 Å². The van der Waals surface area contributed by atoms with Gasteiger partial charge in [-0.2, -0.15) is 11.8 Å². The minimum atomic E-state index is 0.281. The summed E-state index contributed by atoms with van der Waals surface area (Å²) in [6.07, 6.45) is 6.63. The van der Waals surface area contributed by atoms with Crippen LogP contribution in [0.2, 0.25) is 0 Å². The van der Waals surface area contributed by atoms with E-state index in [9.17, 15) is 0 Å². The molecular weight excluding hydrogens is 218 g/mol. The van der Waals surface area contributed by atoms with Crippen LogP contribution in [0.1, 0.15) is 39.0 Å². The number of rotatable bonds is 1. The van der Waals surface area contributed by atoms with Crippen molar-refractivity contribution in [3.8, 4) is 0 Å². The second kappa shape index (κ2) is 3.83. The summed E-state index contributed by atoms with van der Waals surface area (Å²) >= 11 is 2.09. The Bertz CT molecular complexity index is 311. The van der Waals surface area contributed by atoms with Crippen molar-refractivity contribution in [3.05, 3.63) is 0 Å². The fourth-order valence-corrected chi connectivity index (χ4v) is 4.96. The first-order chi connectivity index (χ1) is 7.71. The van der Waals surface area contributed by atoms with Crippen LogP contribution in [0.4, 0.5) is 0 Å². The molecule has 2 atom stereocenters. The molecule has 16 heavy (non-hydrogen) atoms. The van der Waals surface area contributed by atoms with Crippen LogP contribution in [0.3, 0.4) is 0 Å². The first-order valence-electron chi connectivity index (χ1n) is 6.42. The van der Waals surface area contributed by atoms with Gasteiger partial charge in [0.05, 0.1) is 12.1 Å². The quantitative estimate of drug-likeness (QED) is 0.759. The minimum absolute atomic E-state index is 0.281. The van der Waals surface area contributed by atoms with E-state index in [0.717, 1.165) is 17.8 Å². The van der Waals surface area contributed by atoms with Crippen LogP contribution in [0.15, 0.2) is 4.99 Å². The summed E-state index contributed by atoms with van der Waals surface area (Å²) in [5, 5.41) is 0.769. The maximum atomic E-state index is 6.13. The Morgan fingerprint density at radius 2 is 2.19 bits per heavy atom. The van der Waals surface area contributed by atoms with Crippen LogP contribution in [-0.4, -0.2) is 40.0 Å². The van der Waals surface area contributed by atoms with E-state index in [4.69, 9.17) is 5.73 Å². The molecule has 0 bridgehead atoms. The van der Waals surface area contributed by atoms with E-state index in [0.29, 0.717) is 6.04 Å². The van der Waals surface area contributed by atoms with Crippen molar-refractivity contribution in [2.45, 2.75) is 55.9 Å². The Morgan fingerprint density at radius 1 is 1.44 bits per heavy atom. The Morgan fingerprint density at radius 3 is 2.81 bits per heavy atom. The molecule has 1 spiro atoms. The molecule has 90 valence electrons. The van der Waals surface area contributed by atoms with Crippen LogP contribution >= 0.6 is 11.8 Å². The van der Waals surface area contributed by atoms with E-state index < -0.39 is 0 Å². The van der Waals surface area contributed by atoms with Gasteiger partial charge in [0, 0.05) is 17.0 Å². The van der Waals surface area contributed by atoms with E-state index in [-0.39, 0.29) is 5.54 Å². The molecule has 0 radical (unpaired) electrons.